The van der Waals surface area contributed by atoms with Crippen molar-refractivity contribution in [1.82, 2.24) is 9.88 Å². The second-order valence-electron chi connectivity index (χ2n) is 5.71. The number of aromatic nitrogens is 1. The van der Waals surface area contributed by atoms with Gasteiger partial charge in [0.05, 0.1) is 13.2 Å². The maximum absolute atomic E-state index is 12.6. The lowest BCUT2D eigenvalue weighted by molar-refractivity contribution is 0.0756. The van der Waals surface area contributed by atoms with Crippen molar-refractivity contribution in [3.05, 3.63) is 24.0 Å². The Balaban J connectivity index is 1.73. The van der Waals surface area contributed by atoms with E-state index in [4.69, 9.17) is 4.74 Å². The molecule has 3 rings (SSSR count). The van der Waals surface area contributed by atoms with E-state index < -0.39 is 0 Å². The van der Waals surface area contributed by atoms with Gasteiger partial charge in [-0.3, -0.25) is 9.78 Å². The van der Waals surface area contributed by atoms with Crippen LogP contribution in [0.15, 0.2) is 18.3 Å². The van der Waals surface area contributed by atoms with E-state index in [0.29, 0.717) is 5.69 Å². The number of amides is 1. The van der Waals surface area contributed by atoms with Gasteiger partial charge in [0.15, 0.2) is 0 Å². The van der Waals surface area contributed by atoms with Crippen LogP contribution in [0.4, 0.5) is 5.69 Å². The Hall–Kier alpha value is -1.62. The Morgan fingerprint density at radius 1 is 1.05 bits per heavy atom. The molecule has 0 saturated carbocycles. The molecule has 2 saturated heterocycles. The highest BCUT2D eigenvalue weighted by Gasteiger charge is 2.20. The molecule has 5 nitrogen and oxygen atoms in total. The standard InChI is InChI=1S/C16H23N3O2/c20-16(19-7-3-1-2-4-8-19)15-13-14(5-6-17-15)18-9-11-21-12-10-18/h5-6,13H,1-4,7-12H2. The zero-order valence-corrected chi connectivity index (χ0v) is 12.5. The van der Waals surface area contributed by atoms with Crippen LogP contribution in [0.3, 0.4) is 0 Å². The third kappa shape index (κ3) is 3.53. The van der Waals surface area contributed by atoms with Gasteiger partial charge in [-0.15, -0.1) is 0 Å². The highest BCUT2D eigenvalue weighted by molar-refractivity contribution is 5.93. The van der Waals surface area contributed by atoms with Gasteiger partial charge in [-0.25, -0.2) is 0 Å². The number of nitrogens with zero attached hydrogens (tertiary/aromatic N) is 3. The summed E-state index contributed by atoms with van der Waals surface area (Å²) in [5, 5.41) is 0. The van der Waals surface area contributed by atoms with Gasteiger partial charge in [0.2, 0.25) is 0 Å². The number of rotatable bonds is 2. The molecule has 2 aliphatic rings. The number of carbonyl (C=O) groups is 1. The molecule has 114 valence electrons. The normalized spacial score (nSPS) is 20.2. The predicted molar refractivity (Wildman–Crippen MR) is 81.6 cm³/mol. The third-order valence-electron chi connectivity index (χ3n) is 4.23. The summed E-state index contributed by atoms with van der Waals surface area (Å²) >= 11 is 0. The molecule has 1 amide bonds. The number of morpholine rings is 1. The van der Waals surface area contributed by atoms with E-state index in [1.807, 2.05) is 17.0 Å². The molecule has 21 heavy (non-hydrogen) atoms. The fraction of sp³-hybridized carbons (Fsp3) is 0.625. The first-order valence-corrected chi connectivity index (χ1v) is 7.92. The number of pyridine rings is 1. The van der Waals surface area contributed by atoms with E-state index in [1.54, 1.807) is 6.20 Å². The van der Waals surface area contributed by atoms with Crippen LogP contribution in [0.2, 0.25) is 0 Å². The summed E-state index contributed by atoms with van der Waals surface area (Å²) in [6.45, 7) is 4.97. The van der Waals surface area contributed by atoms with E-state index in [-0.39, 0.29) is 5.91 Å². The van der Waals surface area contributed by atoms with Gasteiger partial charge in [-0.05, 0) is 25.0 Å². The molecule has 3 heterocycles. The zero-order valence-electron chi connectivity index (χ0n) is 12.5. The van der Waals surface area contributed by atoms with Gasteiger partial charge in [0, 0.05) is 38.1 Å². The summed E-state index contributed by atoms with van der Waals surface area (Å²) in [5.74, 6) is 0.0759. The predicted octanol–water partition coefficient (Wildman–Crippen LogP) is 1.93. The van der Waals surface area contributed by atoms with Crippen molar-refractivity contribution in [2.24, 2.45) is 0 Å². The Labute approximate surface area is 125 Å². The number of hydrogen-bond donors (Lipinski definition) is 0. The van der Waals surface area contributed by atoms with E-state index >= 15 is 0 Å². The molecule has 0 spiro atoms. The minimum atomic E-state index is 0.0759. The first-order valence-electron chi connectivity index (χ1n) is 7.92. The van der Waals surface area contributed by atoms with E-state index in [0.717, 1.165) is 57.9 Å². The second-order valence-corrected chi connectivity index (χ2v) is 5.71. The average molecular weight is 289 g/mol. The number of likely N-dealkylation sites (tertiary alicyclic amines) is 1. The molecule has 5 heteroatoms. The second kappa shape index (κ2) is 6.89. The van der Waals surface area contributed by atoms with E-state index in [1.165, 1.54) is 12.8 Å². The molecule has 2 fully saturated rings. The van der Waals surface area contributed by atoms with Crippen molar-refractivity contribution >= 4 is 11.6 Å². The van der Waals surface area contributed by atoms with Gasteiger partial charge in [-0.2, -0.15) is 0 Å². The van der Waals surface area contributed by atoms with Gasteiger partial charge in [-0.1, -0.05) is 12.8 Å². The molecule has 0 unspecified atom stereocenters. The molecule has 0 atom stereocenters. The van der Waals surface area contributed by atoms with Crippen molar-refractivity contribution in [3.8, 4) is 0 Å². The Morgan fingerprint density at radius 2 is 1.76 bits per heavy atom. The summed E-state index contributed by atoms with van der Waals surface area (Å²) in [4.78, 5) is 21.1. The maximum Gasteiger partial charge on any atom is 0.272 e. The van der Waals surface area contributed by atoms with Crippen LogP contribution in [0.25, 0.3) is 0 Å². The number of hydrogen-bond acceptors (Lipinski definition) is 4. The first-order chi connectivity index (χ1) is 10.3. The fourth-order valence-corrected chi connectivity index (χ4v) is 2.99. The lowest BCUT2D eigenvalue weighted by Gasteiger charge is -2.29. The maximum atomic E-state index is 12.6. The summed E-state index contributed by atoms with van der Waals surface area (Å²) < 4.78 is 5.38. The summed E-state index contributed by atoms with van der Waals surface area (Å²) in [6, 6.07) is 3.91. The molecule has 0 aromatic carbocycles. The van der Waals surface area contributed by atoms with Crippen LogP contribution >= 0.6 is 0 Å². The minimum Gasteiger partial charge on any atom is -0.378 e. The number of carbonyl (C=O) groups excluding carboxylic acids is 1. The van der Waals surface area contributed by atoms with Crippen LogP contribution in [-0.2, 0) is 4.74 Å². The number of ether oxygens (including phenoxy) is 1. The van der Waals surface area contributed by atoms with Crippen LogP contribution in [0.1, 0.15) is 36.2 Å². The highest BCUT2D eigenvalue weighted by atomic mass is 16.5. The molecule has 0 bridgehead atoms. The number of anilines is 1. The molecule has 2 aliphatic heterocycles. The molecular weight excluding hydrogens is 266 g/mol. The van der Waals surface area contributed by atoms with Crippen LogP contribution < -0.4 is 4.90 Å². The Bertz CT molecular complexity index is 478. The van der Waals surface area contributed by atoms with Crippen LogP contribution in [0.5, 0.6) is 0 Å². The molecular formula is C16H23N3O2. The van der Waals surface area contributed by atoms with Gasteiger partial charge >= 0.3 is 0 Å². The molecule has 1 aromatic rings. The lowest BCUT2D eigenvalue weighted by atomic mass is 10.2. The van der Waals surface area contributed by atoms with E-state index in [9.17, 15) is 4.79 Å². The monoisotopic (exact) mass is 289 g/mol. The highest BCUT2D eigenvalue weighted by Crippen LogP contribution is 2.18. The first kappa shape index (κ1) is 14.3. The van der Waals surface area contributed by atoms with Crippen molar-refractivity contribution in [3.63, 3.8) is 0 Å². The SMILES string of the molecule is O=C(c1cc(N2CCOCC2)ccn1)N1CCCCCC1. The third-order valence-corrected chi connectivity index (χ3v) is 4.23. The van der Waals surface area contributed by atoms with Crippen LogP contribution in [0, 0.1) is 0 Å². The molecule has 0 aliphatic carbocycles. The van der Waals surface area contributed by atoms with Gasteiger partial charge < -0.3 is 14.5 Å². The smallest absolute Gasteiger partial charge is 0.272 e. The summed E-state index contributed by atoms with van der Waals surface area (Å²) in [7, 11) is 0. The van der Waals surface area contributed by atoms with Crippen LogP contribution in [-0.4, -0.2) is 55.2 Å². The fourth-order valence-electron chi connectivity index (χ4n) is 2.99. The van der Waals surface area contributed by atoms with Crippen molar-refractivity contribution < 1.29 is 9.53 Å². The lowest BCUT2D eigenvalue weighted by Crippen LogP contribution is -2.36. The minimum absolute atomic E-state index is 0.0759. The Kier molecular flexibility index (Phi) is 4.70. The summed E-state index contributed by atoms with van der Waals surface area (Å²) in [5.41, 5.74) is 1.65. The zero-order chi connectivity index (χ0) is 14.5. The Morgan fingerprint density at radius 3 is 2.48 bits per heavy atom. The quantitative estimate of drug-likeness (QED) is 0.834. The topological polar surface area (TPSA) is 45.7 Å². The van der Waals surface area contributed by atoms with Crippen molar-refractivity contribution in [2.45, 2.75) is 25.7 Å². The largest absolute Gasteiger partial charge is 0.378 e. The summed E-state index contributed by atoms with van der Waals surface area (Å²) in [6.07, 6.45) is 6.41. The van der Waals surface area contributed by atoms with Gasteiger partial charge in [0.25, 0.3) is 5.91 Å². The van der Waals surface area contributed by atoms with Gasteiger partial charge in [0.1, 0.15) is 5.69 Å². The van der Waals surface area contributed by atoms with E-state index in [2.05, 4.69) is 9.88 Å². The molecule has 1 aromatic heterocycles. The molecule has 0 radical (unpaired) electrons. The molecule has 0 N–H and O–H groups in total. The average Bonchev–Trinajstić information content (AvgIpc) is 2.84. The van der Waals surface area contributed by atoms with Crippen molar-refractivity contribution in [1.29, 1.82) is 0 Å². The van der Waals surface area contributed by atoms with Crippen molar-refractivity contribution in [2.75, 3.05) is 44.3 Å².